The number of thiazole rings is 1. The maximum Gasteiger partial charge on any atom is 0.273 e. The number of anilines is 2. The molecule has 0 spiro atoms. The van der Waals surface area contributed by atoms with Gasteiger partial charge in [-0.15, -0.1) is 11.3 Å². The number of benzene rings is 1. The van der Waals surface area contributed by atoms with Crippen molar-refractivity contribution < 1.29 is 14.3 Å². The molecule has 2 aromatic heterocycles. The second kappa shape index (κ2) is 12.5. The van der Waals surface area contributed by atoms with Gasteiger partial charge in [0, 0.05) is 31.0 Å². The van der Waals surface area contributed by atoms with Crippen LogP contribution in [0, 0.1) is 18.3 Å². The fourth-order valence-electron chi connectivity index (χ4n) is 4.27. The maximum absolute atomic E-state index is 12.9. The van der Waals surface area contributed by atoms with Gasteiger partial charge in [0.1, 0.15) is 23.9 Å². The zero-order valence-corrected chi connectivity index (χ0v) is 22.1. The molecule has 1 atom stereocenters. The highest BCUT2D eigenvalue weighted by Crippen LogP contribution is 2.29. The van der Waals surface area contributed by atoms with Gasteiger partial charge < -0.3 is 19.7 Å². The van der Waals surface area contributed by atoms with Crippen molar-refractivity contribution in [3.05, 3.63) is 52.9 Å². The van der Waals surface area contributed by atoms with Gasteiger partial charge in [-0.25, -0.2) is 15.0 Å². The number of nitrogens with zero attached hydrogens (tertiary/aromatic N) is 6. The third-order valence-electron chi connectivity index (χ3n) is 6.13. The molecular weight excluding hydrogens is 490 g/mol. The molecule has 1 amide bonds. The number of para-hydroxylation sites is 2. The molecule has 194 valence electrons. The third kappa shape index (κ3) is 6.93. The summed E-state index contributed by atoms with van der Waals surface area (Å²) < 4.78 is 11.1. The van der Waals surface area contributed by atoms with E-state index < -0.39 is 0 Å². The molecule has 4 rings (SSSR count). The summed E-state index contributed by atoms with van der Waals surface area (Å²) in [6, 6.07) is 11.6. The van der Waals surface area contributed by atoms with Gasteiger partial charge in [-0.05, 0) is 38.4 Å². The molecule has 10 nitrogen and oxygen atoms in total. The van der Waals surface area contributed by atoms with E-state index in [-0.39, 0.29) is 11.8 Å². The van der Waals surface area contributed by atoms with Crippen LogP contribution in [0.25, 0.3) is 0 Å². The Balaban J connectivity index is 1.35. The summed E-state index contributed by atoms with van der Waals surface area (Å²) in [4.78, 5) is 30.3. The molecule has 11 heteroatoms. The number of rotatable bonds is 10. The van der Waals surface area contributed by atoms with E-state index in [9.17, 15) is 4.79 Å². The van der Waals surface area contributed by atoms with Crippen molar-refractivity contribution in [2.75, 3.05) is 52.3 Å². The first-order valence-corrected chi connectivity index (χ1v) is 13.0. The van der Waals surface area contributed by atoms with E-state index in [1.807, 2.05) is 37.3 Å². The largest absolute Gasteiger partial charge is 0.493 e. The number of hydrogen-bond acceptors (Lipinski definition) is 10. The number of methoxy groups -OCH3 is 1. The number of aryl methyl sites for hydroxylation is 1. The number of likely N-dealkylation sites (tertiary alicyclic amines) is 1. The summed E-state index contributed by atoms with van der Waals surface area (Å²) in [6.07, 6.45) is 2.06. The third-order valence-corrected chi connectivity index (χ3v) is 6.89. The van der Waals surface area contributed by atoms with Gasteiger partial charge in [-0.3, -0.25) is 9.69 Å². The number of ether oxygens (including phenoxy) is 2. The van der Waals surface area contributed by atoms with Crippen molar-refractivity contribution in [1.29, 1.82) is 5.26 Å². The summed E-state index contributed by atoms with van der Waals surface area (Å²) in [5, 5.41) is 14.6. The fourth-order valence-corrected chi connectivity index (χ4v) is 4.96. The zero-order chi connectivity index (χ0) is 26.2. The van der Waals surface area contributed by atoms with Gasteiger partial charge in [0.05, 0.1) is 32.0 Å². The smallest absolute Gasteiger partial charge is 0.273 e. The van der Waals surface area contributed by atoms with Crippen LogP contribution in [-0.4, -0.2) is 77.6 Å². The van der Waals surface area contributed by atoms with E-state index in [2.05, 4.69) is 31.2 Å². The van der Waals surface area contributed by atoms with E-state index >= 15 is 0 Å². The highest BCUT2D eigenvalue weighted by Gasteiger charge is 2.23. The molecule has 0 bridgehead atoms. The number of likely N-dealkylation sites (N-methyl/N-ethyl adjacent to an activating group) is 1. The van der Waals surface area contributed by atoms with Crippen LogP contribution in [0.15, 0.2) is 35.7 Å². The Hall–Kier alpha value is -3.75. The minimum atomic E-state index is -0.188. The lowest BCUT2D eigenvalue weighted by Gasteiger charge is -2.30. The first kappa shape index (κ1) is 26.3. The minimum absolute atomic E-state index is 0.188. The molecule has 1 aliphatic heterocycles. The number of piperidine rings is 1. The van der Waals surface area contributed by atoms with Crippen LogP contribution < -0.4 is 14.8 Å². The summed E-state index contributed by atoms with van der Waals surface area (Å²) in [5.41, 5.74) is 1.32. The van der Waals surface area contributed by atoms with Crippen LogP contribution in [0.3, 0.4) is 0 Å². The van der Waals surface area contributed by atoms with E-state index in [1.165, 1.54) is 11.3 Å². The number of carbonyl (C=O) groups is 1. The monoisotopic (exact) mass is 521 g/mol. The molecule has 1 saturated heterocycles. The predicted molar refractivity (Wildman–Crippen MR) is 142 cm³/mol. The van der Waals surface area contributed by atoms with Gasteiger partial charge >= 0.3 is 0 Å². The maximum atomic E-state index is 12.9. The van der Waals surface area contributed by atoms with Crippen LogP contribution in [0.2, 0.25) is 0 Å². The van der Waals surface area contributed by atoms with Gasteiger partial charge in [-0.1, -0.05) is 12.1 Å². The lowest BCUT2D eigenvalue weighted by atomic mass is 9.94. The van der Waals surface area contributed by atoms with Gasteiger partial charge in [0.15, 0.2) is 16.6 Å². The van der Waals surface area contributed by atoms with Crippen molar-refractivity contribution in [3.8, 4) is 17.6 Å². The lowest BCUT2D eigenvalue weighted by molar-refractivity contribution is 0.0768. The van der Waals surface area contributed by atoms with Gasteiger partial charge in [-0.2, -0.15) is 5.26 Å². The van der Waals surface area contributed by atoms with Crippen molar-refractivity contribution >= 4 is 28.2 Å². The second-order valence-electron chi connectivity index (χ2n) is 8.85. The summed E-state index contributed by atoms with van der Waals surface area (Å²) >= 11 is 1.35. The van der Waals surface area contributed by atoms with Crippen molar-refractivity contribution in [1.82, 2.24) is 24.8 Å². The fraction of sp³-hybridized carbons (Fsp3) is 0.423. The van der Waals surface area contributed by atoms with Crippen molar-refractivity contribution in [2.45, 2.75) is 25.7 Å². The average molecular weight is 522 g/mol. The Morgan fingerprint density at radius 2 is 2.11 bits per heavy atom. The molecule has 0 saturated carbocycles. The van der Waals surface area contributed by atoms with Crippen LogP contribution in [0.5, 0.6) is 11.5 Å². The average Bonchev–Trinajstić information content (AvgIpc) is 3.36. The first-order chi connectivity index (χ1) is 18.0. The molecule has 1 aromatic carbocycles. The van der Waals surface area contributed by atoms with Crippen molar-refractivity contribution in [2.24, 2.45) is 0 Å². The van der Waals surface area contributed by atoms with E-state index in [4.69, 9.17) is 14.7 Å². The standard InChI is InChI=1S/C26H31N7O3S/c1-18-28-20(19-7-6-11-33(16-19)12-10-27)15-24(29-18)31-26-30-21(17-37-26)25(34)32(2)13-14-36-23-9-5-4-8-22(23)35-3/h4-5,8-9,15,17,19H,6-7,11-14,16H2,1-3H3,(H,28,29,30,31). The molecular formula is C26H31N7O3S. The molecule has 0 radical (unpaired) electrons. The van der Waals surface area contributed by atoms with Crippen LogP contribution in [-0.2, 0) is 0 Å². The van der Waals surface area contributed by atoms with Gasteiger partial charge in [0.2, 0.25) is 0 Å². The first-order valence-electron chi connectivity index (χ1n) is 12.2. The second-order valence-corrected chi connectivity index (χ2v) is 9.70. The number of nitrogens with one attached hydrogen (secondary N) is 1. The normalized spacial score (nSPS) is 15.6. The van der Waals surface area contributed by atoms with E-state index in [1.54, 1.807) is 24.4 Å². The summed E-state index contributed by atoms with van der Waals surface area (Å²) in [6.45, 7) is 4.78. The molecule has 0 aliphatic carbocycles. The predicted octanol–water partition coefficient (Wildman–Crippen LogP) is 3.85. The Kier molecular flexibility index (Phi) is 8.87. The molecule has 3 aromatic rings. The Labute approximate surface area is 220 Å². The highest BCUT2D eigenvalue weighted by atomic mass is 32.1. The van der Waals surface area contributed by atoms with Crippen LogP contribution in [0.1, 0.15) is 40.8 Å². The van der Waals surface area contributed by atoms with Crippen LogP contribution in [0.4, 0.5) is 10.9 Å². The summed E-state index contributed by atoms with van der Waals surface area (Å²) in [5.74, 6) is 2.66. The Bertz CT molecular complexity index is 1260. The molecule has 37 heavy (non-hydrogen) atoms. The lowest BCUT2D eigenvalue weighted by Crippen LogP contribution is -2.35. The van der Waals surface area contributed by atoms with E-state index in [0.717, 1.165) is 31.6 Å². The molecule has 3 heterocycles. The number of hydrogen-bond donors (Lipinski definition) is 1. The SMILES string of the molecule is COc1ccccc1OCCN(C)C(=O)c1csc(Nc2cc(C3CCCN(CC#N)C3)nc(C)n2)n1. The minimum Gasteiger partial charge on any atom is -0.493 e. The number of nitriles is 1. The van der Waals surface area contributed by atoms with Crippen LogP contribution >= 0.6 is 11.3 Å². The van der Waals surface area contributed by atoms with Crippen molar-refractivity contribution in [3.63, 3.8) is 0 Å². The van der Waals surface area contributed by atoms with E-state index in [0.29, 0.717) is 53.7 Å². The molecule has 1 fully saturated rings. The molecule has 1 aliphatic rings. The Morgan fingerprint density at radius 3 is 2.89 bits per heavy atom. The summed E-state index contributed by atoms with van der Waals surface area (Å²) in [7, 11) is 3.32. The zero-order valence-electron chi connectivity index (χ0n) is 21.3. The topological polar surface area (TPSA) is 117 Å². The quantitative estimate of drug-likeness (QED) is 0.397. The highest BCUT2D eigenvalue weighted by molar-refractivity contribution is 7.14. The number of amides is 1. The molecule has 1 N–H and O–H groups in total. The van der Waals surface area contributed by atoms with Gasteiger partial charge in [0.25, 0.3) is 5.91 Å². The number of aromatic nitrogens is 3. The Morgan fingerprint density at radius 1 is 1.30 bits per heavy atom. The number of carbonyl (C=O) groups excluding carboxylic acids is 1. The molecule has 1 unspecified atom stereocenters.